The SMILES string of the molecule is CC(C)c1ccc(CC(C)(N)c2ccccc2F)cc1. The first kappa shape index (κ1) is 14.7. The summed E-state index contributed by atoms with van der Waals surface area (Å²) in [5.41, 5.74) is 8.62. The summed E-state index contributed by atoms with van der Waals surface area (Å²) in [5.74, 6) is 0.274. The lowest BCUT2D eigenvalue weighted by Gasteiger charge is -2.26. The average Bonchev–Trinajstić information content (AvgIpc) is 2.39. The van der Waals surface area contributed by atoms with Crippen LogP contribution in [0.1, 0.15) is 43.4 Å². The molecular formula is C18H22FN. The Morgan fingerprint density at radius 1 is 1.05 bits per heavy atom. The second-order valence-electron chi connectivity index (χ2n) is 5.97. The van der Waals surface area contributed by atoms with E-state index in [9.17, 15) is 4.39 Å². The lowest BCUT2D eigenvalue weighted by atomic mass is 9.86. The van der Waals surface area contributed by atoms with Crippen molar-refractivity contribution in [3.8, 4) is 0 Å². The van der Waals surface area contributed by atoms with Crippen LogP contribution in [0, 0.1) is 5.82 Å². The van der Waals surface area contributed by atoms with Gasteiger partial charge in [0, 0.05) is 11.1 Å². The molecule has 0 fully saturated rings. The zero-order valence-corrected chi connectivity index (χ0v) is 12.4. The minimum atomic E-state index is -0.704. The minimum absolute atomic E-state index is 0.240. The first-order valence-electron chi connectivity index (χ1n) is 7.03. The molecule has 2 heteroatoms. The predicted molar refractivity (Wildman–Crippen MR) is 82.2 cm³/mol. The van der Waals surface area contributed by atoms with Crippen LogP contribution in [0.4, 0.5) is 4.39 Å². The Morgan fingerprint density at radius 3 is 2.20 bits per heavy atom. The standard InChI is InChI=1S/C18H22FN/c1-13(2)15-10-8-14(9-11-15)12-18(3,20)16-6-4-5-7-17(16)19/h4-11,13H,12,20H2,1-3H3. The smallest absolute Gasteiger partial charge is 0.128 e. The molecule has 2 aromatic rings. The van der Waals surface area contributed by atoms with Crippen LogP contribution >= 0.6 is 0 Å². The van der Waals surface area contributed by atoms with Crippen molar-refractivity contribution in [2.45, 2.75) is 38.6 Å². The zero-order valence-electron chi connectivity index (χ0n) is 12.4. The van der Waals surface area contributed by atoms with Gasteiger partial charge in [-0.3, -0.25) is 0 Å². The van der Waals surface area contributed by atoms with Crippen molar-refractivity contribution in [1.29, 1.82) is 0 Å². The second-order valence-corrected chi connectivity index (χ2v) is 5.97. The van der Waals surface area contributed by atoms with E-state index < -0.39 is 5.54 Å². The third kappa shape index (κ3) is 3.26. The van der Waals surface area contributed by atoms with Crippen molar-refractivity contribution in [2.24, 2.45) is 5.73 Å². The Bertz CT molecular complexity index is 570. The van der Waals surface area contributed by atoms with Gasteiger partial charge in [0.2, 0.25) is 0 Å². The molecule has 0 aliphatic rings. The zero-order chi connectivity index (χ0) is 14.8. The molecule has 0 bridgehead atoms. The number of hydrogen-bond donors (Lipinski definition) is 1. The highest BCUT2D eigenvalue weighted by atomic mass is 19.1. The maximum atomic E-state index is 13.9. The molecule has 2 aromatic carbocycles. The van der Waals surface area contributed by atoms with E-state index in [2.05, 4.69) is 38.1 Å². The van der Waals surface area contributed by atoms with E-state index >= 15 is 0 Å². The van der Waals surface area contributed by atoms with Crippen molar-refractivity contribution < 1.29 is 4.39 Å². The molecule has 0 saturated heterocycles. The summed E-state index contributed by atoms with van der Waals surface area (Å²) in [4.78, 5) is 0. The molecule has 2 rings (SSSR count). The molecule has 0 aliphatic heterocycles. The summed E-state index contributed by atoms with van der Waals surface area (Å²) in [5, 5.41) is 0. The Morgan fingerprint density at radius 2 is 1.65 bits per heavy atom. The van der Waals surface area contributed by atoms with Gasteiger partial charge in [0.25, 0.3) is 0 Å². The van der Waals surface area contributed by atoms with Crippen LogP contribution in [0.15, 0.2) is 48.5 Å². The molecule has 0 aliphatic carbocycles. The van der Waals surface area contributed by atoms with Crippen LogP contribution in [0.2, 0.25) is 0 Å². The van der Waals surface area contributed by atoms with Gasteiger partial charge in [-0.1, -0.05) is 56.3 Å². The Labute approximate surface area is 120 Å². The number of nitrogens with two attached hydrogens (primary N) is 1. The number of benzene rings is 2. The maximum absolute atomic E-state index is 13.9. The molecule has 1 unspecified atom stereocenters. The molecule has 0 heterocycles. The monoisotopic (exact) mass is 271 g/mol. The van der Waals surface area contributed by atoms with Crippen molar-refractivity contribution in [3.63, 3.8) is 0 Å². The second kappa shape index (κ2) is 5.76. The fraction of sp³-hybridized carbons (Fsp3) is 0.333. The predicted octanol–water partition coefficient (Wildman–Crippen LogP) is 4.37. The fourth-order valence-electron chi connectivity index (χ4n) is 2.46. The topological polar surface area (TPSA) is 26.0 Å². The van der Waals surface area contributed by atoms with Crippen LogP contribution in [0.3, 0.4) is 0 Å². The van der Waals surface area contributed by atoms with Gasteiger partial charge in [-0.25, -0.2) is 4.39 Å². The molecule has 20 heavy (non-hydrogen) atoms. The van der Waals surface area contributed by atoms with Gasteiger partial charge in [0.1, 0.15) is 5.82 Å². The molecule has 0 saturated carbocycles. The highest BCUT2D eigenvalue weighted by Crippen LogP contribution is 2.26. The minimum Gasteiger partial charge on any atom is -0.321 e. The first-order chi connectivity index (χ1) is 9.40. The molecular weight excluding hydrogens is 249 g/mol. The van der Waals surface area contributed by atoms with Gasteiger partial charge in [0.05, 0.1) is 0 Å². The summed E-state index contributed by atoms with van der Waals surface area (Å²) in [6, 6.07) is 15.1. The van der Waals surface area contributed by atoms with E-state index in [1.807, 2.05) is 13.0 Å². The van der Waals surface area contributed by atoms with Crippen molar-refractivity contribution in [1.82, 2.24) is 0 Å². The normalized spacial score (nSPS) is 14.3. The van der Waals surface area contributed by atoms with E-state index in [1.54, 1.807) is 12.1 Å². The van der Waals surface area contributed by atoms with E-state index in [4.69, 9.17) is 5.73 Å². The first-order valence-corrected chi connectivity index (χ1v) is 7.03. The number of hydrogen-bond acceptors (Lipinski definition) is 1. The van der Waals surface area contributed by atoms with Crippen LogP contribution in [0.5, 0.6) is 0 Å². The van der Waals surface area contributed by atoms with E-state index in [-0.39, 0.29) is 5.82 Å². The van der Waals surface area contributed by atoms with Gasteiger partial charge in [0.15, 0.2) is 0 Å². The van der Waals surface area contributed by atoms with Crippen LogP contribution in [-0.4, -0.2) is 0 Å². The van der Waals surface area contributed by atoms with Gasteiger partial charge in [-0.05, 0) is 36.5 Å². The van der Waals surface area contributed by atoms with E-state index in [0.717, 1.165) is 5.56 Å². The molecule has 106 valence electrons. The number of rotatable bonds is 4. The molecule has 0 amide bonds. The largest absolute Gasteiger partial charge is 0.321 e. The average molecular weight is 271 g/mol. The molecule has 0 aromatic heterocycles. The van der Waals surface area contributed by atoms with Crippen LogP contribution in [0.25, 0.3) is 0 Å². The Hall–Kier alpha value is -1.67. The highest BCUT2D eigenvalue weighted by molar-refractivity contribution is 5.31. The van der Waals surface area contributed by atoms with Crippen LogP contribution < -0.4 is 5.73 Å². The van der Waals surface area contributed by atoms with E-state index in [0.29, 0.717) is 17.9 Å². The van der Waals surface area contributed by atoms with Gasteiger partial charge in [-0.15, -0.1) is 0 Å². The Balaban J connectivity index is 2.22. The molecule has 0 radical (unpaired) electrons. The highest BCUT2D eigenvalue weighted by Gasteiger charge is 2.24. The summed E-state index contributed by atoms with van der Waals surface area (Å²) < 4.78 is 13.9. The summed E-state index contributed by atoms with van der Waals surface area (Å²) in [6.45, 7) is 6.21. The lowest BCUT2D eigenvalue weighted by molar-refractivity contribution is 0.457. The fourth-order valence-corrected chi connectivity index (χ4v) is 2.46. The van der Waals surface area contributed by atoms with Crippen molar-refractivity contribution in [2.75, 3.05) is 0 Å². The van der Waals surface area contributed by atoms with Crippen molar-refractivity contribution >= 4 is 0 Å². The Kier molecular flexibility index (Phi) is 4.24. The molecule has 1 nitrogen and oxygen atoms in total. The molecule has 2 N–H and O–H groups in total. The third-order valence-corrected chi connectivity index (χ3v) is 3.71. The number of halogens is 1. The summed E-state index contributed by atoms with van der Waals surface area (Å²) in [6.07, 6.45) is 0.617. The molecule has 1 atom stereocenters. The summed E-state index contributed by atoms with van der Waals surface area (Å²) in [7, 11) is 0. The summed E-state index contributed by atoms with van der Waals surface area (Å²) >= 11 is 0. The van der Waals surface area contributed by atoms with Gasteiger partial charge < -0.3 is 5.73 Å². The van der Waals surface area contributed by atoms with Crippen LogP contribution in [-0.2, 0) is 12.0 Å². The molecule has 0 spiro atoms. The maximum Gasteiger partial charge on any atom is 0.128 e. The van der Waals surface area contributed by atoms with E-state index in [1.165, 1.54) is 11.6 Å². The van der Waals surface area contributed by atoms with Gasteiger partial charge >= 0.3 is 0 Å². The quantitative estimate of drug-likeness (QED) is 0.878. The lowest BCUT2D eigenvalue weighted by Crippen LogP contribution is -2.36. The third-order valence-electron chi connectivity index (χ3n) is 3.71. The van der Waals surface area contributed by atoms with Gasteiger partial charge in [-0.2, -0.15) is 0 Å². The van der Waals surface area contributed by atoms with Crippen molar-refractivity contribution in [3.05, 3.63) is 71.0 Å².